The van der Waals surface area contributed by atoms with E-state index in [9.17, 15) is 0 Å². The second kappa shape index (κ2) is 10.5. The van der Waals surface area contributed by atoms with Gasteiger partial charge in [0.2, 0.25) is 0 Å². The lowest BCUT2D eigenvalue weighted by Gasteiger charge is -2.25. The van der Waals surface area contributed by atoms with E-state index in [1.54, 1.807) is 0 Å². The maximum atomic E-state index is 6.29. The zero-order valence-corrected chi connectivity index (χ0v) is 20.2. The van der Waals surface area contributed by atoms with Crippen molar-refractivity contribution < 1.29 is 9.47 Å². The predicted octanol–water partition coefficient (Wildman–Crippen LogP) is 8.90. The van der Waals surface area contributed by atoms with Crippen LogP contribution in [0.15, 0.2) is 34.3 Å². The Labute approximate surface area is 193 Å². The van der Waals surface area contributed by atoms with Crippen LogP contribution >= 0.6 is 0 Å². The van der Waals surface area contributed by atoms with Crippen LogP contribution in [0.4, 0.5) is 11.4 Å². The SMILES string of the molecule is CCCCC(CC)CC1=Nc2ccc3c4c(ccc(c24)O1)N=C(CC(CC)CCCC)O3. The lowest BCUT2D eigenvalue weighted by Crippen LogP contribution is -2.18. The highest BCUT2D eigenvalue weighted by Gasteiger charge is 2.26. The number of rotatable bonds is 12. The minimum Gasteiger partial charge on any atom is -0.442 e. The van der Waals surface area contributed by atoms with E-state index in [-0.39, 0.29) is 0 Å². The lowest BCUT2D eigenvalue weighted by atomic mass is 9.95. The Morgan fingerprint density at radius 1 is 0.656 bits per heavy atom. The van der Waals surface area contributed by atoms with Crippen LogP contribution in [0, 0.1) is 11.8 Å². The summed E-state index contributed by atoms with van der Waals surface area (Å²) in [5.41, 5.74) is 1.95. The molecule has 4 nitrogen and oxygen atoms in total. The zero-order chi connectivity index (χ0) is 22.5. The summed E-state index contributed by atoms with van der Waals surface area (Å²) in [6.07, 6.45) is 11.6. The molecule has 0 fully saturated rings. The predicted molar refractivity (Wildman–Crippen MR) is 135 cm³/mol. The molecule has 0 aromatic heterocycles. The number of benzene rings is 2. The molecule has 2 aromatic carbocycles. The van der Waals surface area contributed by atoms with Gasteiger partial charge in [-0.1, -0.05) is 66.2 Å². The molecular formula is C28H38N2O2. The summed E-state index contributed by atoms with van der Waals surface area (Å²) >= 11 is 0. The van der Waals surface area contributed by atoms with Crippen molar-refractivity contribution in [1.29, 1.82) is 0 Å². The summed E-state index contributed by atoms with van der Waals surface area (Å²) < 4.78 is 12.6. The van der Waals surface area contributed by atoms with E-state index in [1.807, 2.05) is 0 Å². The highest BCUT2D eigenvalue weighted by molar-refractivity contribution is 6.13. The Morgan fingerprint density at radius 2 is 1.09 bits per heavy atom. The van der Waals surface area contributed by atoms with Gasteiger partial charge in [0.25, 0.3) is 0 Å². The number of unbranched alkanes of at least 4 members (excludes halogenated alkanes) is 2. The van der Waals surface area contributed by atoms with Gasteiger partial charge in [-0.25, -0.2) is 9.98 Å². The third-order valence-corrected chi connectivity index (χ3v) is 7.00. The lowest BCUT2D eigenvalue weighted by molar-refractivity contribution is 0.428. The monoisotopic (exact) mass is 434 g/mol. The molecule has 0 aliphatic carbocycles. The maximum Gasteiger partial charge on any atom is 0.195 e. The normalized spacial score (nSPS) is 16.1. The molecular weight excluding hydrogens is 396 g/mol. The van der Waals surface area contributed by atoms with Gasteiger partial charge in [0.1, 0.15) is 11.5 Å². The van der Waals surface area contributed by atoms with Crippen molar-refractivity contribution in [2.45, 2.75) is 91.9 Å². The Balaban J connectivity index is 1.60. The maximum absolute atomic E-state index is 6.29. The van der Waals surface area contributed by atoms with Crippen LogP contribution in [0.25, 0.3) is 10.8 Å². The van der Waals surface area contributed by atoms with Crippen LogP contribution in [0.2, 0.25) is 0 Å². The fraction of sp³-hybridized carbons (Fsp3) is 0.571. The average molecular weight is 435 g/mol. The number of hydrogen-bond acceptors (Lipinski definition) is 4. The van der Waals surface area contributed by atoms with Crippen LogP contribution in [0.5, 0.6) is 11.5 Å². The molecule has 0 N–H and O–H groups in total. The highest BCUT2D eigenvalue weighted by atomic mass is 16.5. The zero-order valence-electron chi connectivity index (χ0n) is 20.2. The van der Waals surface area contributed by atoms with E-state index in [1.165, 1.54) is 38.5 Å². The van der Waals surface area contributed by atoms with Crippen LogP contribution < -0.4 is 9.47 Å². The van der Waals surface area contributed by atoms with E-state index in [2.05, 4.69) is 52.0 Å². The van der Waals surface area contributed by atoms with Crippen LogP contribution in [-0.4, -0.2) is 11.8 Å². The molecule has 0 amide bonds. The van der Waals surface area contributed by atoms with Crippen LogP contribution in [-0.2, 0) is 0 Å². The first-order valence-electron chi connectivity index (χ1n) is 12.8. The van der Waals surface area contributed by atoms with Gasteiger partial charge >= 0.3 is 0 Å². The second-order valence-corrected chi connectivity index (χ2v) is 9.37. The highest BCUT2D eigenvalue weighted by Crippen LogP contribution is 2.48. The average Bonchev–Trinajstić information content (AvgIpc) is 2.82. The number of nitrogens with zero attached hydrogens (tertiary/aromatic N) is 2. The largest absolute Gasteiger partial charge is 0.442 e. The Kier molecular flexibility index (Phi) is 7.49. The minimum absolute atomic E-state index is 0.623. The number of aliphatic imine (C=N–C) groups is 2. The molecule has 0 saturated carbocycles. The third-order valence-electron chi connectivity index (χ3n) is 7.00. The van der Waals surface area contributed by atoms with Gasteiger partial charge in [-0.3, -0.25) is 0 Å². The van der Waals surface area contributed by atoms with Gasteiger partial charge in [0.05, 0.1) is 22.1 Å². The fourth-order valence-corrected chi connectivity index (χ4v) is 4.88. The van der Waals surface area contributed by atoms with Gasteiger partial charge in [-0.2, -0.15) is 0 Å². The van der Waals surface area contributed by atoms with Crippen molar-refractivity contribution in [3.05, 3.63) is 24.3 Å². The van der Waals surface area contributed by atoms with E-state index >= 15 is 0 Å². The van der Waals surface area contributed by atoms with Gasteiger partial charge in [-0.15, -0.1) is 0 Å². The molecule has 2 atom stereocenters. The quantitative estimate of drug-likeness (QED) is 0.335. The fourth-order valence-electron chi connectivity index (χ4n) is 4.88. The molecule has 0 radical (unpaired) electrons. The van der Waals surface area contributed by atoms with Crippen molar-refractivity contribution in [2.24, 2.45) is 21.8 Å². The first-order valence-corrected chi connectivity index (χ1v) is 12.8. The second-order valence-electron chi connectivity index (χ2n) is 9.37. The summed E-state index contributed by atoms with van der Waals surface area (Å²) in [7, 11) is 0. The molecule has 4 heteroatoms. The molecule has 2 aliphatic rings. The molecule has 0 bridgehead atoms. The molecule has 4 rings (SSSR count). The molecule has 2 aromatic rings. The molecule has 2 heterocycles. The topological polar surface area (TPSA) is 43.2 Å². The third kappa shape index (κ3) is 4.84. The van der Waals surface area contributed by atoms with E-state index < -0.39 is 0 Å². The summed E-state index contributed by atoms with van der Waals surface area (Å²) in [4.78, 5) is 9.81. The molecule has 0 spiro atoms. The number of ether oxygens (including phenoxy) is 2. The van der Waals surface area contributed by atoms with E-state index in [4.69, 9.17) is 19.5 Å². The van der Waals surface area contributed by atoms with Crippen molar-refractivity contribution >= 4 is 33.9 Å². The van der Waals surface area contributed by atoms with E-state index in [0.29, 0.717) is 11.8 Å². The molecule has 0 saturated heterocycles. The smallest absolute Gasteiger partial charge is 0.195 e. The van der Waals surface area contributed by atoms with E-state index in [0.717, 1.165) is 71.1 Å². The van der Waals surface area contributed by atoms with Gasteiger partial charge in [-0.05, 0) is 48.9 Å². The van der Waals surface area contributed by atoms with Gasteiger partial charge in [0, 0.05) is 12.8 Å². The summed E-state index contributed by atoms with van der Waals surface area (Å²) in [5, 5.41) is 2.07. The van der Waals surface area contributed by atoms with Gasteiger partial charge in [0.15, 0.2) is 11.8 Å². The van der Waals surface area contributed by atoms with Crippen LogP contribution in [0.3, 0.4) is 0 Å². The molecule has 32 heavy (non-hydrogen) atoms. The Morgan fingerprint density at radius 3 is 1.47 bits per heavy atom. The molecule has 2 aliphatic heterocycles. The molecule has 172 valence electrons. The Bertz CT molecular complexity index is 927. The number of hydrogen-bond donors (Lipinski definition) is 0. The van der Waals surface area contributed by atoms with Crippen LogP contribution in [0.1, 0.15) is 91.9 Å². The van der Waals surface area contributed by atoms with Crippen molar-refractivity contribution in [2.75, 3.05) is 0 Å². The van der Waals surface area contributed by atoms with Gasteiger partial charge < -0.3 is 9.47 Å². The summed E-state index contributed by atoms with van der Waals surface area (Å²) in [5.74, 6) is 4.69. The van der Waals surface area contributed by atoms with Crippen molar-refractivity contribution in [3.8, 4) is 11.5 Å². The summed E-state index contributed by atoms with van der Waals surface area (Å²) in [6, 6.07) is 8.29. The minimum atomic E-state index is 0.623. The van der Waals surface area contributed by atoms with Crippen molar-refractivity contribution in [3.63, 3.8) is 0 Å². The van der Waals surface area contributed by atoms with Crippen molar-refractivity contribution in [1.82, 2.24) is 0 Å². The first-order chi connectivity index (χ1) is 15.7. The Hall–Kier alpha value is -2.36. The molecule has 2 unspecified atom stereocenters. The summed E-state index contributed by atoms with van der Waals surface area (Å²) in [6.45, 7) is 9.03. The first kappa shape index (κ1) is 22.8. The standard InChI is InChI=1S/C28H38N2O2/c1-5-9-11-19(7-3)17-25-29-21-13-16-24-28-22(14-15-23(31-25)27(21)28)30-26(32-24)18-20(8-4)12-10-6-2/h13-16,19-20H,5-12,17-18H2,1-4H3.